The van der Waals surface area contributed by atoms with Gasteiger partial charge in [-0.25, -0.2) is 9.97 Å². The van der Waals surface area contributed by atoms with Crippen molar-refractivity contribution in [2.45, 2.75) is 19.1 Å². The predicted octanol–water partition coefficient (Wildman–Crippen LogP) is 2.85. The molecule has 1 aromatic heterocycles. The zero-order valence-corrected chi connectivity index (χ0v) is 10.1. The molecule has 0 bridgehead atoms. The molecule has 1 aromatic carbocycles. The van der Waals surface area contributed by atoms with Crippen LogP contribution in [-0.4, -0.2) is 9.97 Å². The van der Waals surface area contributed by atoms with Gasteiger partial charge in [0.15, 0.2) is 0 Å². The summed E-state index contributed by atoms with van der Waals surface area (Å²) in [5.74, 6) is 0. The molecular formula is C13H12F3N3. The highest BCUT2D eigenvalue weighted by Gasteiger charge is 2.31. The van der Waals surface area contributed by atoms with Crippen LogP contribution in [0.2, 0.25) is 0 Å². The third-order valence-corrected chi connectivity index (χ3v) is 2.86. The molecule has 19 heavy (non-hydrogen) atoms. The molecule has 1 atom stereocenters. The molecule has 0 amide bonds. The van der Waals surface area contributed by atoms with Crippen LogP contribution in [0.25, 0.3) is 0 Å². The molecule has 0 aliphatic carbocycles. The number of hydrogen-bond acceptors (Lipinski definition) is 3. The summed E-state index contributed by atoms with van der Waals surface area (Å²) in [5, 5.41) is 0. The van der Waals surface area contributed by atoms with Crippen LogP contribution >= 0.6 is 0 Å². The zero-order chi connectivity index (χ0) is 14.0. The van der Waals surface area contributed by atoms with Crippen molar-refractivity contribution in [3.63, 3.8) is 0 Å². The Labute approximate surface area is 108 Å². The number of nitrogens with two attached hydrogens (primary N) is 1. The summed E-state index contributed by atoms with van der Waals surface area (Å²) < 4.78 is 37.7. The van der Waals surface area contributed by atoms with Crippen LogP contribution in [0.1, 0.15) is 28.4 Å². The quantitative estimate of drug-likeness (QED) is 0.910. The summed E-state index contributed by atoms with van der Waals surface area (Å²) >= 11 is 0. The Hall–Kier alpha value is -1.95. The first kappa shape index (κ1) is 13.5. The molecule has 6 heteroatoms. The van der Waals surface area contributed by atoms with E-state index in [0.717, 1.165) is 12.1 Å². The van der Waals surface area contributed by atoms with Crippen molar-refractivity contribution in [2.24, 2.45) is 5.73 Å². The van der Waals surface area contributed by atoms with Crippen molar-refractivity contribution in [1.29, 1.82) is 0 Å². The fourth-order valence-corrected chi connectivity index (χ4v) is 1.85. The first-order valence-corrected chi connectivity index (χ1v) is 5.59. The predicted molar refractivity (Wildman–Crippen MR) is 64.2 cm³/mol. The minimum Gasteiger partial charge on any atom is -0.319 e. The van der Waals surface area contributed by atoms with Gasteiger partial charge in [-0.3, -0.25) is 0 Å². The highest BCUT2D eigenvalue weighted by molar-refractivity contribution is 5.37. The Morgan fingerprint density at radius 1 is 1.21 bits per heavy atom. The van der Waals surface area contributed by atoms with E-state index >= 15 is 0 Å². The smallest absolute Gasteiger partial charge is 0.319 e. The first-order valence-electron chi connectivity index (χ1n) is 5.59. The topological polar surface area (TPSA) is 51.8 Å². The normalized spacial score (nSPS) is 13.3. The molecule has 0 aliphatic heterocycles. The Morgan fingerprint density at radius 2 is 1.95 bits per heavy atom. The van der Waals surface area contributed by atoms with Gasteiger partial charge in [0.2, 0.25) is 0 Å². The lowest BCUT2D eigenvalue weighted by atomic mass is 9.97. The van der Waals surface area contributed by atoms with Gasteiger partial charge in [0.05, 0.1) is 17.3 Å². The molecular weight excluding hydrogens is 255 g/mol. The number of halogens is 3. The average Bonchev–Trinajstić information content (AvgIpc) is 2.38. The van der Waals surface area contributed by atoms with E-state index < -0.39 is 17.8 Å². The Kier molecular flexibility index (Phi) is 3.53. The summed E-state index contributed by atoms with van der Waals surface area (Å²) in [4.78, 5) is 7.78. The third-order valence-electron chi connectivity index (χ3n) is 2.86. The second-order valence-corrected chi connectivity index (χ2v) is 4.18. The van der Waals surface area contributed by atoms with Gasteiger partial charge in [0.1, 0.15) is 6.33 Å². The number of benzene rings is 1. The molecule has 1 heterocycles. The lowest BCUT2D eigenvalue weighted by Gasteiger charge is -2.16. The van der Waals surface area contributed by atoms with E-state index in [1.165, 1.54) is 12.4 Å². The van der Waals surface area contributed by atoms with Crippen molar-refractivity contribution in [3.05, 3.63) is 59.2 Å². The van der Waals surface area contributed by atoms with Crippen molar-refractivity contribution in [2.75, 3.05) is 0 Å². The second-order valence-electron chi connectivity index (χ2n) is 4.18. The van der Waals surface area contributed by atoms with Crippen LogP contribution in [0.3, 0.4) is 0 Å². The van der Waals surface area contributed by atoms with Gasteiger partial charge < -0.3 is 5.73 Å². The zero-order valence-electron chi connectivity index (χ0n) is 10.1. The number of alkyl halides is 3. The van der Waals surface area contributed by atoms with E-state index in [4.69, 9.17) is 5.73 Å². The molecule has 1 unspecified atom stereocenters. The highest BCUT2D eigenvalue weighted by atomic mass is 19.4. The Bertz CT molecular complexity index is 567. The van der Waals surface area contributed by atoms with Crippen molar-refractivity contribution in [1.82, 2.24) is 9.97 Å². The maximum Gasteiger partial charge on any atom is 0.416 e. The Morgan fingerprint density at radius 3 is 2.47 bits per heavy atom. The molecule has 0 saturated heterocycles. The van der Waals surface area contributed by atoms with Crippen molar-refractivity contribution < 1.29 is 13.2 Å². The van der Waals surface area contributed by atoms with E-state index in [1.807, 2.05) is 0 Å². The number of nitrogens with zero attached hydrogens (tertiary/aromatic N) is 2. The van der Waals surface area contributed by atoms with Gasteiger partial charge in [-0.2, -0.15) is 13.2 Å². The van der Waals surface area contributed by atoms with Gasteiger partial charge in [0, 0.05) is 6.20 Å². The second kappa shape index (κ2) is 4.97. The molecule has 2 rings (SSSR count). The van der Waals surface area contributed by atoms with E-state index in [-0.39, 0.29) is 0 Å². The van der Waals surface area contributed by atoms with Crippen LogP contribution < -0.4 is 5.73 Å². The van der Waals surface area contributed by atoms with Crippen LogP contribution in [0.4, 0.5) is 13.2 Å². The average molecular weight is 267 g/mol. The Balaban J connectivity index is 2.37. The molecule has 0 spiro atoms. The van der Waals surface area contributed by atoms with Crippen LogP contribution in [-0.2, 0) is 6.18 Å². The number of hydrogen-bond donors (Lipinski definition) is 1. The van der Waals surface area contributed by atoms with Crippen molar-refractivity contribution >= 4 is 0 Å². The molecule has 0 fully saturated rings. The summed E-state index contributed by atoms with van der Waals surface area (Å²) in [6.07, 6.45) is -1.45. The van der Waals surface area contributed by atoms with Gasteiger partial charge in [-0.15, -0.1) is 0 Å². The monoisotopic (exact) mass is 267 g/mol. The summed E-state index contributed by atoms with van der Waals surface area (Å²) in [7, 11) is 0. The van der Waals surface area contributed by atoms with E-state index in [9.17, 15) is 13.2 Å². The number of rotatable bonds is 2. The summed E-state index contributed by atoms with van der Waals surface area (Å²) in [6, 6.07) is 4.59. The fourth-order valence-electron chi connectivity index (χ4n) is 1.85. The maximum absolute atomic E-state index is 12.6. The molecule has 2 aromatic rings. The molecule has 0 aliphatic rings. The molecule has 100 valence electrons. The first-order chi connectivity index (χ1) is 8.89. The van der Waals surface area contributed by atoms with Gasteiger partial charge in [-0.1, -0.05) is 6.07 Å². The fraction of sp³-hybridized carbons (Fsp3) is 0.231. The van der Waals surface area contributed by atoms with E-state index in [0.29, 0.717) is 16.8 Å². The van der Waals surface area contributed by atoms with Gasteiger partial charge in [0.25, 0.3) is 0 Å². The largest absolute Gasteiger partial charge is 0.416 e. The lowest BCUT2D eigenvalue weighted by Crippen LogP contribution is -2.16. The highest BCUT2D eigenvalue weighted by Crippen LogP contribution is 2.32. The molecule has 0 radical (unpaired) electrons. The SMILES string of the molecule is Cc1cc(C(F)(F)F)ccc1C(N)c1ccncn1. The van der Waals surface area contributed by atoms with Crippen LogP contribution in [0, 0.1) is 6.92 Å². The lowest BCUT2D eigenvalue weighted by molar-refractivity contribution is -0.137. The molecule has 2 N–H and O–H groups in total. The van der Waals surface area contributed by atoms with Gasteiger partial charge >= 0.3 is 6.18 Å². The molecule has 3 nitrogen and oxygen atoms in total. The van der Waals surface area contributed by atoms with E-state index in [2.05, 4.69) is 9.97 Å². The minimum absolute atomic E-state index is 0.487. The van der Waals surface area contributed by atoms with Crippen molar-refractivity contribution in [3.8, 4) is 0 Å². The molecule has 0 saturated carbocycles. The van der Waals surface area contributed by atoms with Gasteiger partial charge in [-0.05, 0) is 36.2 Å². The maximum atomic E-state index is 12.6. The van der Waals surface area contributed by atoms with Crippen LogP contribution in [0.15, 0.2) is 36.8 Å². The number of aryl methyl sites for hydroxylation is 1. The number of aromatic nitrogens is 2. The summed E-state index contributed by atoms with van der Waals surface area (Å²) in [5.41, 5.74) is 7.00. The van der Waals surface area contributed by atoms with E-state index in [1.54, 1.807) is 19.2 Å². The summed E-state index contributed by atoms with van der Waals surface area (Å²) in [6.45, 7) is 1.60. The standard InChI is InChI=1S/C13H12F3N3/c1-8-6-9(13(14,15)16)2-3-10(8)12(17)11-4-5-18-7-19-11/h2-7,12H,17H2,1H3. The third kappa shape index (κ3) is 2.90. The minimum atomic E-state index is -4.34. The van der Waals surface area contributed by atoms with Crippen LogP contribution in [0.5, 0.6) is 0 Å².